The average Bonchev–Trinajstić information content (AvgIpc) is 2.45. The summed E-state index contributed by atoms with van der Waals surface area (Å²) in [5.74, 6) is 0. The van der Waals surface area contributed by atoms with E-state index in [1.54, 1.807) is 0 Å². The van der Waals surface area contributed by atoms with Crippen LogP contribution in [0.3, 0.4) is 0 Å². The highest BCUT2D eigenvalue weighted by atomic mass is 15.2. The molecular formula is C13H26N2. The van der Waals surface area contributed by atoms with Crippen LogP contribution in [0.25, 0.3) is 0 Å². The average molecular weight is 210 g/mol. The minimum absolute atomic E-state index is 0.388. The van der Waals surface area contributed by atoms with E-state index in [-0.39, 0.29) is 0 Å². The SMILES string of the molecule is CC1(C)CCN(CC2(C)CCCCN2)C1. The van der Waals surface area contributed by atoms with E-state index in [0.29, 0.717) is 11.0 Å². The van der Waals surface area contributed by atoms with Crippen molar-refractivity contribution >= 4 is 0 Å². The van der Waals surface area contributed by atoms with Gasteiger partial charge < -0.3 is 10.2 Å². The van der Waals surface area contributed by atoms with Crippen molar-refractivity contribution in [3.05, 3.63) is 0 Å². The van der Waals surface area contributed by atoms with Crippen LogP contribution < -0.4 is 5.32 Å². The van der Waals surface area contributed by atoms with Crippen LogP contribution in [0.15, 0.2) is 0 Å². The van der Waals surface area contributed by atoms with Gasteiger partial charge in [0.15, 0.2) is 0 Å². The van der Waals surface area contributed by atoms with E-state index in [1.807, 2.05) is 0 Å². The molecule has 0 saturated carbocycles. The highest BCUT2D eigenvalue weighted by Crippen LogP contribution is 2.30. The molecule has 1 unspecified atom stereocenters. The van der Waals surface area contributed by atoms with Gasteiger partial charge in [-0.25, -0.2) is 0 Å². The first-order valence-electron chi connectivity index (χ1n) is 6.47. The van der Waals surface area contributed by atoms with Crippen LogP contribution in [0, 0.1) is 5.41 Å². The minimum Gasteiger partial charge on any atom is -0.310 e. The fourth-order valence-electron chi connectivity index (χ4n) is 3.11. The molecule has 0 radical (unpaired) electrons. The molecule has 0 aromatic carbocycles. The molecule has 0 aliphatic carbocycles. The van der Waals surface area contributed by atoms with Crippen LogP contribution in [-0.4, -0.2) is 36.6 Å². The molecule has 88 valence electrons. The summed E-state index contributed by atoms with van der Waals surface area (Å²) >= 11 is 0. The van der Waals surface area contributed by atoms with Crippen molar-refractivity contribution in [2.75, 3.05) is 26.2 Å². The zero-order chi connectivity index (χ0) is 10.9. The van der Waals surface area contributed by atoms with E-state index in [2.05, 4.69) is 31.0 Å². The van der Waals surface area contributed by atoms with E-state index in [9.17, 15) is 0 Å². The molecule has 2 fully saturated rings. The molecule has 0 bridgehead atoms. The first-order valence-corrected chi connectivity index (χ1v) is 6.47. The van der Waals surface area contributed by atoms with E-state index in [0.717, 1.165) is 0 Å². The summed E-state index contributed by atoms with van der Waals surface area (Å²) in [5.41, 5.74) is 0.934. The molecule has 2 aliphatic rings. The van der Waals surface area contributed by atoms with Crippen molar-refractivity contribution in [3.63, 3.8) is 0 Å². The Morgan fingerprint density at radius 2 is 1.93 bits per heavy atom. The van der Waals surface area contributed by atoms with Crippen molar-refractivity contribution < 1.29 is 0 Å². The first kappa shape index (κ1) is 11.4. The standard InChI is InChI=1S/C13H26N2/c1-12(2)7-9-15(10-12)11-13(3)6-4-5-8-14-13/h14H,4-11H2,1-3H3. The molecule has 2 nitrogen and oxygen atoms in total. The van der Waals surface area contributed by atoms with Crippen LogP contribution >= 0.6 is 0 Å². The van der Waals surface area contributed by atoms with Crippen LogP contribution in [0.4, 0.5) is 0 Å². The van der Waals surface area contributed by atoms with Gasteiger partial charge in [-0.15, -0.1) is 0 Å². The molecule has 0 amide bonds. The van der Waals surface area contributed by atoms with E-state index >= 15 is 0 Å². The maximum Gasteiger partial charge on any atom is 0.0280 e. The topological polar surface area (TPSA) is 15.3 Å². The van der Waals surface area contributed by atoms with Gasteiger partial charge in [-0.3, -0.25) is 0 Å². The van der Waals surface area contributed by atoms with E-state index in [1.165, 1.54) is 51.9 Å². The highest BCUT2D eigenvalue weighted by Gasteiger charge is 2.34. The molecule has 1 N–H and O–H groups in total. The summed E-state index contributed by atoms with van der Waals surface area (Å²) in [6, 6.07) is 0. The predicted molar refractivity (Wildman–Crippen MR) is 65.1 cm³/mol. The summed E-state index contributed by atoms with van der Waals surface area (Å²) in [5, 5.41) is 3.71. The number of nitrogens with one attached hydrogen (secondary N) is 1. The molecular weight excluding hydrogens is 184 g/mol. The Bertz CT molecular complexity index is 217. The van der Waals surface area contributed by atoms with Gasteiger partial charge in [0.2, 0.25) is 0 Å². The molecule has 15 heavy (non-hydrogen) atoms. The Kier molecular flexibility index (Phi) is 3.09. The van der Waals surface area contributed by atoms with Crippen LogP contribution in [0.1, 0.15) is 46.5 Å². The number of nitrogens with zero attached hydrogens (tertiary/aromatic N) is 1. The maximum absolute atomic E-state index is 3.71. The van der Waals surface area contributed by atoms with Crippen molar-refractivity contribution in [1.82, 2.24) is 10.2 Å². The molecule has 2 heterocycles. The quantitative estimate of drug-likeness (QED) is 0.752. The van der Waals surface area contributed by atoms with Gasteiger partial charge >= 0.3 is 0 Å². The molecule has 0 spiro atoms. The van der Waals surface area contributed by atoms with Crippen LogP contribution in [-0.2, 0) is 0 Å². The van der Waals surface area contributed by atoms with Crippen LogP contribution in [0.5, 0.6) is 0 Å². The zero-order valence-electron chi connectivity index (χ0n) is 10.6. The Labute approximate surface area is 94.4 Å². The van der Waals surface area contributed by atoms with Gasteiger partial charge in [-0.2, -0.15) is 0 Å². The summed E-state index contributed by atoms with van der Waals surface area (Å²) in [6.45, 7) is 12.2. The Morgan fingerprint density at radius 3 is 2.47 bits per heavy atom. The molecule has 0 aromatic heterocycles. The fraction of sp³-hybridized carbons (Fsp3) is 1.00. The van der Waals surface area contributed by atoms with Gasteiger partial charge in [0.05, 0.1) is 0 Å². The second-order valence-corrected chi connectivity index (χ2v) is 6.57. The molecule has 1 atom stereocenters. The van der Waals surface area contributed by atoms with Crippen molar-refractivity contribution in [3.8, 4) is 0 Å². The van der Waals surface area contributed by atoms with Gasteiger partial charge in [0.1, 0.15) is 0 Å². The molecule has 2 rings (SSSR count). The summed E-state index contributed by atoms with van der Waals surface area (Å²) in [6.07, 6.45) is 5.48. The second kappa shape index (κ2) is 4.06. The Balaban J connectivity index is 1.86. The zero-order valence-corrected chi connectivity index (χ0v) is 10.6. The maximum atomic E-state index is 3.71. The number of likely N-dealkylation sites (tertiary alicyclic amines) is 1. The lowest BCUT2D eigenvalue weighted by Crippen LogP contribution is -2.53. The monoisotopic (exact) mass is 210 g/mol. The van der Waals surface area contributed by atoms with Crippen molar-refractivity contribution in [1.29, 1.82) is 0 Å². The van der Waals surface area contributed by atoms with Crippen LogP contribution in [0.2, 0.25) is 0 Å². The van der Waals surface area contributed by atoms with Gasteiger partial charge in [0, 0.05) is 18.6 Å². The third kappa shape index (κ3) is 2.94. The van der Waals surface area contributed by atoms with Gasteiger partial charge in [-0.1, -0.05) is 20.3 Å². The Morgan fingerprint density at radius 1 is 1.13 bits per heavy atom. The lowest BCUT2D eigenvalue weighted by Gasteiger charge is -2.38. The smallest absolute Gasteiger partial charge is 0.0280 e. The number of piperidine rings is 1. The Hall–Kier alpha value is -0.0800. The molecule has 2 heteroatoms. The first-order chi connectivity index (χ1) is 6.99. The molecule has 2 saturated heterocycles. The molecule has 2 aliphatic heterocycles. The second-order valence-electron chi connectivity index (χ2n) is 6.57. The lowest BCUT2D eigenvalue weighted by molar-refractivity contribution is 0.176. The normalized spacial score (nSPS) is 37.0. The predicted octanol–water partition coefficient (Wildman–Crippen LogP) is 2.25. The van der Waals surface area contributed by atoms with E-state index in [4.69, 9.17) is 0 Å². The largest absolute Gasteiger partial charge is 0.310 e. The van der Waals surface area contributed by atoms with Gasteiger partial charge in [-0.05, 0) is 44.7 Å². The summed E-state index contributed by atoms with van der Waals surface area (Å²) < 4.78 is 0. The summed E-state index contributed by atoms with van der Waals surface area (Å²) in [4.78, 5) is 2.65. The highest BCUT2D eigenvalue weighted by molar-refractivity contribution is 4.93. The third-order valence-electron chi connectivity index (χ3n) is 4.04. The third-order valence-corrected chi connectivity index (χ3v) is 4.04. The van der Waals surface area contributed by atoms with Crippen molar-refractivity contribution in [2.24, 2.45) is 5.41 Å². The lowest BCUT2D eigenvalue weighted by atomic mass is 9.90. The van der Waals surface area contributed by atoms with Gasteiger partial charge in [0.25, 0.3) is 0 Å². The molecule has 0 aromatic rings. The number of hydrogen-bond donors (Lipinski definition) is 1. The number of rotatable bonds is 2. The minimum atomic E-state index is 0.388. The van der Waals surface area contributed by atoms with E-state index < -0.39 is 0 Å². The fourth-order valence-corrected chi connectivity index (χ4v) is 3.11. The van der Waals surface area contributed by atoms with Crippen molar-refractivity contribution in [2.45, 2.75) is 52.0 Å². The summed E-state index contributed by atoms with van der Waals surface area (Å²) in [7, 11) is 0. The number of hydrogen-bond acceptors (Lipinski definition) is 2.